The second-order valence-electron chi connectivity index (χ2n) is 6.91. The van der Waals surface area contributed by atoms with Gasteiger partial charge in [0.1, 0.15) is 5.75 Å². The first kappa shape index (κ1) is 24.5. The second-order valence-corrected chi connectivity index (χ2v) is 6.91. The van der Waals surface area contributed by atoms with Crippen molar-refractivity contribution in [3.63, 3.8) is 0 Å². The van der Waals surface area contributed by atoms with Crippen molar-refractivity contribution in [2.24, 2.45) is 4.99 Å². The first-order valence-corrected chi connectivity index (χ1v) is 9.92. The second kappa shape index (κ2) is 13.6. The van der Waals surface area contributed by atoms with Crippen LogP contribution >= 0.6 is 24.0 Å². The van der Waals surface area contributed by atoms with Gasteiger partial charge in [0.2, 0.25) is 5.91 Å². The van der Waals surface area contributed by atoms with Crippen LogP contribution in [0.4, 0.5) is 0 Å². The van der Waals surface area contributed by atoms with E-state index < -0.39 is 0 Å². The zero-order chi connectivity index (χ0) is 19.5. The van der Waals surface area contributed by atoms with Crippen molar-refractivity contribution in [1.82, 2.24) is 20.9 Å². The molecule has 1 aromatic carbocycles. The average molecular weight is 503 g/mol. The molecule has 0 aliphatic carbocycles. The number of phenolic OH excluding ortho intramolecular Hbond substituents is 1. The van der Waals surface area contributed by atoms with Crippen LogP contribution < -0.4 is 16.0 Å². The largest absolute Gasteiger partial charge is 0.508 e. The molecule has 8 heteroatoms. The number of halogens is 1. The minimum absolute atomic E-state index is 0. The van der Waals surface area contributed by atoms with Gasteiger partial charge in [-0.2, -0.15) is 0 Å². The van der Waals surface area contributed by atoms with Crippen molar-refractivity contribution in [3.05, 3.63) is 29.8 Å². The zero-order valence-corrected chi connectivity index (χ0v) is 19.2. The SMILES string of the molecule is CCCNC(=O)CN1CCC(NC(=NCc2ccc(O)cc2)NCC)CC1.I. The van der Waals surface area contributed by atoms with E-state index in [1.807, 2.05) is 12.1 Å². The number of rotatable bonds is 8. The third-order valence-electron chi connectivity index (χ3n) is 4.57. The van der Waals surface area contributed by atoms with Crippen LogP contribution in [0.2, 0.25) is 0 Å². The van der Waals surface area contributed by atoms with Crippen LogP contribution in [0.5, 0.6) is 5.75 Å². The summed E-state index contributed by atoms with van der Waals surface area (Å²) in [6.45, 7) is 8.53. The van der Waals surface area contributed by atoms with Crippen molar-refractivity contribution < 1.29 is 9.90 Å². The maximum absolute atomic E-state index is 11.8. The number of piperidine rings is 1. The molecule has 158 valence electrons. The summed E-state index contributed by atoms with van der Waals surface area (Å²) in [6.07, 6.45) is 2.95. The van der Waals surface area contributed by atoms with Gasteiger partial charge in [0.25, 0.3) is 0 Å². The number of aromatic hydroxyl groups is 1. The molecular formula is C20H34IN5O2. The highest BCUT2D eigenvalue weighted by atomic mass is 127. The average Bonchev–Trinajstić information content (AvgIpc) is 2.67. The number of likely N-dealkylation sites (tertiary alicyclic amines) is 1. The smallest absolute Gasteiger partial charge is 0.234 e. The Bertz CT molecular complexity index is 601. The number of phenols is 1. The molecule has 28 heavy (non-hydrogen) atoms. The van der Waals surface area contributed by atoms with Crippen molar-refractivity contribution in [2.45, 2.75) is 45.7 Å². The van der Waals surface area contributed by atoms with Crippen molar-refractivity contribution in [1.29, 1.82) is 0 Å². The highest BCUT2D eigenvalue weighted by molar-refractivity contribution is 14.0. The van der Waals surface area contributed by atoms with Gasteiger partial charge in [0.05, 0.1) is 13.1 Å². The van der Waals surface area contributed by atoms with Crippen LogP contribution in [0.1, 0.15) is 38.7 Å². The predicted molar refractivity (Wildman–Crippen MR) is 124 cm³/mol. The number of hydrogen-bond acceptors (Lipinski definition) is 4. The summed E-state index contributed by atoms with van der Waals surface area (Å²) in [5.74, 6) is 1.19. The van der Waals surface area contributed by atoms with Crippen LogP contribution in [0.3, 0.4) is 0 Å². The number of carbonyl (C=O) groups is 1. The standard InChI is InChI=1S/C20H33N5O2.HI/c1-3-11-22-19(27)15-25-12-9-17(10-13-25)24-20(21-4-2)23-14-16-5-7-18(26)8-6-16;/h5-8,17,26H,3-4,9-15H2,1-2H3,(H,22,27)(H2,21,23,24);1H. The van der Waals surface area contributed by atoms with Gasteiger partial charge in [0, 0.05) is 32.2 Å². The highest BCUT2D eigenvalue weighted by Crippen LogP contribution is 2.11. The summed E-state index contributed by atoms with van der Waals surface area (Å²) in [5.41, 5.74) is 1.05. The van der Waals surface area contributed by atoms with Gasteiger partial charge in [-0.15, -0.1) is 24.0 Å². The van der Waals surface area contributed by atoms with Gasteiger partial charge < -0.3 is 21.1 Å². The molecule has 1 aliphatic heterocycles. The number of nitrogens with one attached hydrogen (secondary N) is 3. The fourth-order valence-electron chi connectivity index (χ4n) is 3.04. The van der Waals surface area contributed by atoms with Crippen LogP contribution in [0.25, 0.3) is 0 Å². The molecule has 4 N–H and O–H groups in total. The summed E-state index contributed by atoms with van der Waals surface area (Å²) in [5, 5.41) is 19.1. The van der Waals surface area contributed by atoms with Crippen LogP contribution in [-0.2, 0) is 11.3 Å². The van der Waals surface area contributed by atoms with Gasteiger partial charge in [-0.1, -0.05) is 19.1 Å². The van der Waals surface area contributed by atoms with E-state index in [0.717, 1.165) is 57.0 Å². The molecule has 1 aliphatic rings. The van der Waals surface area contributed by atoms with E-state index in [1.165, 1.54) is 0 Å². The van der Waals surface area contributed by atoms with E-state index in [9.17, 15) is 9.90 Å². The lowest BCUT2D eigenvalue weighted by Crippen LogP contribution is -2.50. The molecule has 1 saturated heterocycles. The molecule has 0 atom stereocenters. The summed E-state index contributed by atoms with van der Waals surface area (Å²) in [7, 11) is 0. The first-order valence-electron chi connectivity index (χ1n) is 9.92. The molecule has 1 amide bonds. The molecule has 0 spiro atoms. The van der Waals surface area contributed by atoms with Gasteiger partial charge >= 0.3 is 0 Å². The third kappa shape index (κ3) is 9.09. The lowest BCUT2D eigenvalue weighted by Gasteiger charge is -2.32. The molecule has 0 saturated carbocycles. The molecule has 7 nitrogen and oxygen atoms in total. The van der Waals surface area contributed by atoms with E-state index in [1.54, 1.807) is 12.1 Å². The number of benzene rings is 1. The Morgan fingerprint density at radius 2 is 1.86 bits per heavy atom. The third-order valence-corrected chi connectivity index (χ3v) is 4.57. The fourth-order valence-corrected chi connectivity index (χ4v) is 3.04. The molecule has 0 aromatic heterocycles. The van der Waals surface area contributed by atoms with Crippen LogP contribution in [0, 0.1) is 0 Å². The maximum Gasteiger partial charge on any atom is 0.234 e. The minimum atomic E-state index is 0. The van der Waals surface area contributed by atoms with Gasteiger partial charge in [-0.05, 0) is 43.9 Å². The Kier molecular flexibility index (Phi) is 11.9. The van der Waals surface area contributed by atoms with E-state index in [0.29, 0.717) is 19.1 Å². The van der Waals surface area contributed by atoms with Crippen molar-refractivity contribution in [2.75, 3.05) is 32.7 Å². The number of carbonyl (C=O) groups excluding carboxylic acids is 1. The maximum atomic E-state index is 11.8. The quantitative estimate of drug-likeness (QED) is 0.248. The number of hydrogen-bond donors (Lipinski definition) is 4. The topological polar surface area (TPSA) is 89.0 Å². The number of aliphatic imine (C=N–C) groups is 1. The van der Waals surface area contributed by atoms with E-state index in [4.69, 9.17) is 0 Å². The predicted octanol–water partition coefficient (Wildman–Crippen LogP) is 2.06. The molecule has 0 bridgehead atoms. The zero-order valence-electron chi connectivity index (χ0n) is 16.9. The van der Waals surface area contributed by atoms with Crippen LogP contribution in [-0.4, -0.2) is 60.6 Å². The number of guanidine groups is 1. The van der Waals surface area contributed by atoms with E-state index >= 15 is 0 Å². The molecule has 0 radical (unpaired) electrons. The van der Waals surface area contributed by atoms with Gasteiger partial charge in [-0.3, -0.25) is 9.69 Å². The van der Waals surface area contributed by atoms with Crippen molar-refractivity contribution >= 4 is 35.8 Å². The Morgan fingerprint density at radius 3 is 2.46 bits per heavy atom. The molecular weight excluding hydrogens is 469 g/mol. The molecule has 2 rings (SSSR count). The number of amides is 1. The Balaban J connectivity index is 0.00000392. The van der Waals surface area contributed by atoms with Crippen LogP contribution in [0.15, 0.2) is 29.3 Å². The van der Waals surface area contributed by atoms with E-state index in [-0.39, 0.29) is 35.6 Å². The molecule has 1 aromatic rings. The first-order chi connectivity index (χ1) is 13.1. The van der Waals surface area contributed by atoms with Crippen molar-refractivity contribution in [3.8, 4) is 5.75 Å². The summed E-state index contributed by atoms with van der Waals surface area (Å²) >= 11 is 0. The normalized spacial score (nSPS) is 15.6. The minimum Gasteiger partial charge on any atom is -0.508 e. The monoisotopic (exact) mass is 503 g/mol. The van der Waals surface area contributed by atoms with Gasteiger partial charge in [0.15, 0.2) is 5.96 Å². The Hall–Kier alpha value is -1.55. The fraction of sp³-hybridized carbons (Fsp3) is 0.600. The summed E-state index contributed by atoms with van der Waals surface area (Å²) in [4.78, 5) is 18.7. The summed E-state index contributed by atoms with van der Waals surface area (Å²) in [6, 6.07) is 7.47. The Morgan fingerprint density at radius 1 is 1.18 bits per heavy atom. The van der Waals surface area contributed by atoms with Gasteiger partial charge in [-0.25, -0.2) is 4.99 Å². The highest BCUT2D eigenvalue weighted by Gasteiger charge is 2.21. The molecule has 1 fully saturated rings. The molecule has 1 heterocycles. The molecule has 0 unspecified atom stereocenters. The summed E-state index contributed by atoms with van der Waals surface area (Å²) < 4.78 is 0. The Labute approximate surface area is 185 Å². The lowest BCUT2D eigenvalue weighted by atomic mass is 10.1. The number of nitrogens with zero attached hydrogens (tertiary/aromatic N) is 2. The van der Waals surface area contributed by atoms with E-state index in [2.05, 4.69) is 39.7 Å². The lowest BCUT2D eigenvalue weighted by molar-refractivity contribution is -0.122.